The van der Waals surface area contributed by atoms with E-state index < -0.39 is 12.2 Å². The molecule has 0 bridgehead atoms. The molecule has 5 heteroatoms. The summed E-state index contributed by atoms with van der Waals surface area (Å²) in [5, 5.41) is 22.2. The summed E-state index contributed by atoms with van der Waals surface area (Å²) in [6.07, 6.45) is 4.04. The topological polar surface area (TPSA) is 73.9 Å². The number of rotatable bonds is 4. The van der Waals surface area contributed by atoms with Crippen LogP contribution in [0.25, 0.3) is 11.0 Å². The molecular weight excluding hydrogens is 318 g/mol. The molecule has 0 spiro atoms. The van der Waals surface area contributed by atoms with Gasteiger partial charge in [0, 0.05) is 17.5 Å². The summed E-state index contributed by atoms with van der Waals surface area (Å²) in [5.74, 6) is 0. The maximum atomic E-state index is 12.2. The van der Waals surface area contributed by atoms with Crippen molar-refractivity contribution in [2.75, 3.05) is 19.6 Å². The minimum atomic E-state index is -0.983. The van der Waals surface area contributed by atoms with E-state index in [0.29, 0.717) is 17.7 Å². The Morgan fingerprint density at radius 2 is 1.76 bits per heavy atom. The molecule has 2 heterocycles. The van der Waals surface area contributed by atoms with Crippen molar-refractivity contribution in [3.63, 3.8) is 0 Å². The molecule has 0 amide bonds. The molecule has 0 saturated carbocycles. The van der Waals surface area contributed by atoms with Crippen LogP contribution in [0.3, 0.4) is 0 Å². The first-order valence-corrected chi connectivity index (χ1v) is 9.31. The van der Waals surface area contributed by atoms with E-state index in [1.165, 1.54) is 0 Å². The lowest BCUT2D eigenvalue weighted by atomic mass is 9.87. The molecule has 1 fully saturated rings. The quantitative estimate of drug-likeness (QED) is 0.832. The second-order valence-corrected chi connectivity index (χ2v) is 7.29. The van der Waals surface area contributed by atoms with Gasteiger partial charge in [-0.1, -0.05) is 12.1 Å². The van der Waals surface area contributed by atoms with Crippen LogP contribution in [0.5, 0.6) is 0 Å². The summed E-state index contributed by atoms with van der Waals surface area (Å²) in [6, 6.07) is 5.39. The van der Waals surface area contributed by atoms with E-state index >= 15 is 0 Å². The number of likely N-dealkylation sites (tertiary alicyclic amines) is 1. The zero-order valence-corrected chi connectivity index (χ0v) is 14.4. The van der Waals surface area contributed by atoms with Crippen LogP contribution >= 0.6 is 0 Å². The van der Waals surface area contributed by atoms with Crippen LogP contribution < -0.4 is 5.63 Å². The molecule has 25 heavy (non-hydrogen) atoms. The van der Waals surface area contributed by atoms with Gasteiger partial charge in [0.25, 0.3) is 0 Å². The summed E-state index contributed by atoms with van der Waals surface area (Å²) in [4.78, 5) is 14.4. The van der Waals surface area contributed by atoms with Crippen LogP contribution in [0.2, 0.25) is 0 Å². The first-order chi connectivity index (χ1) is 12.1. The highest BCUT2D eigenvalue weighted by atomic mass is 16.4. The van der Waals surface area contributed by atoms with E-state index in [1.54, 1.807) is 12.1 Å². The van der Waals surface area contributed by atoms with E-state index in [0.717, 1.165) is 68.1 Å². The monoisotopic (exact) mass is 343 g/mol. The van der Waals surface area contributed by atoms with Gasteiger partial charge in [-0.15, -0.1) is 0 Å². The average Bonchev–Trinajstić information content (AvgIpc) is 3.13. The van der Waals surface area contributed by atoms with Crippen molar-refractivity contribution in [2.24, 2.45) is 0 Å². The number of fused-ring (bicyclic) bond motifs is 3. The highest BCUT2D eigenvalue weighted by molar-refractivity contribution is 5.85. The van der Waals surface area contributed by atoms with Gasteiger partial charge in [-0.2, -0.15) is 0 Å². The zero-order valence-electron chi connectivity index (χ0n) is 14.4. The Kier molecular flexibility index (Phi) is 4.63. The van der Waals surface area contributed by atoms with E-state index in [4.69, 9.17) is 4.42 Å². The molecule has 1 saturated heterocycles. The van der Waals surface area contributed by atoms with Crippen LogP contribution in [0, 0.1) is 0 Å². The third-order valence-electron chi connectivity index (χ3n) is 5.60. The summed E-state index contributed by atoms with van der Waals surface area (Å²) in [5.41, 5.74) is 2.67. The summed E-state index contributed by atoms with van der Waals surface area (Å²) in [6.45, 7) is 2.42. The van der Waals surface area contributed by atoms with Crippen molar-refractivity contribution in [3.05, 3.63) is 45.3 Å². The van der Waals surface area contributed by atoms with Gasteiger partial charge in [-0.05, 0) is 68.8 Å². The standard InChI is InChI=1S/C20H25NO4/c22-16(12-21-10-3-4-11-21)19(23)15-8-5-9-17-18(15)13-6-1-2-7-14(13)20(24)25-17/h5,8-9,16,19,22-23H,1-4,6-7,10-12H2. The maximum Gasteiger partial charge on any atom is 0.339 e. The molecule has 1 aromatic carbocycles. The van der Waals surface area contributed by atoms with Gasteiger partial charge in [0.15, 0.2) is 0 Å². The number of aliphatic hydroxyl groups is 2. The number of aryl methyl sites for hydroxylation is 1. The number of hydrogen-bond acceptors (Lipinski definition) is 5. The van der Waals surface area contributed by atoms with Gasteiger partial charge in [0.05, 0.1) is 6.10 Å². The summed E-state index contributed by atoms with van der Waals surface area (Å²) >= 11 is 0. The third kappa shape index (κ3) is 3.12. The molecule has 0 radical (unpaired) electrons. The smallest absolute Gasteiger partial charge is 0.339 e. The SMILES string of the molecule is O=c1oc2cccc(C(O)C(O)CN3CCCC3)c2c2c1CCCC2. The average molecular weight is 343 g/mol. The second-order valence-electron chi connectivity index (χ2n) is 7.29. The summed E-state index contributed by atoms with van der Waals surface area (Å²) in [7, 11) is 0. The van der Waals surface area contributed by atoms with Gasteiger partial charge in [0.2, 0.25) is 0 Å². The Bertz CT molecular complexity index is 822. The number of nitrogens with zero attached hydrogens (tertiary/aromatic N) is 1. The third-order valence-corrected chi connectivity index (χ3v) is 5.60. The molecule has 2 aromatic rings. The molecule has 1 aliphatic heterocycles. The molecule has 2 N–H and O–H groups in total. The number of β-amino-alcohol motifs (C(OH)–C–C–N with tert-alkyl or cyclic N) is 1. The number of aliphatic hydroxyl groups excluding tert-OH is 2. The van der Waals surface area contributed by atoms with Crippen LogP contribution in [0.4, 0.5) is 0 Å². The summed E-state index contributed by atoms with van der Waals surface area (Å²) < 4.78 is 5.51. The highest BCUT2D eigenvalue weighted by Gasteiger charge is 2.27. The van der Waals surface area contributed by atoms with E-state index in [9.17, 15) is 15.0 Å². The first kappa shape index (κ1) is 16.8. The fraction of sp³-hybridized carbons (Fsp3) is 0.550. The molecular formula is C20H25NO4. The number of benzene rings is 1. The van der Waals surface area contributed by atoms with Crippen molar-refractivity contribution < 1.29 is 14.6 Å². The number of hydrogen-bond donors (Lipinski definition) is 2. The van der Waals surface area contributed by atoms with Crippen LogP contribution in [-0.4, -0.2) is 40.9 Å². The lowest BCUT2D eigenvalue weighted by molar-refractivity contribution is 0.000953. The largest absolute Gasteiger partial charge is 0.422 e. The Labute approximate surface area is 146 Å². The van der Waals surface area contributed by atoms with Gasteiger partial charge >= 0.3 is 5.63 Å². The fourth-order valence-corrected chi connectivity index (χ4v) is 4.31. The molecule has 134 valence electrons. The molecule has 5 nitrogen and oxygen atoms in total. The molecule has 2 atom stereocenters. The van der Waals surface area contributed by atoms with E-state index in [2.05, 4.69) is 4.90 Å². The molecule has 2 unspecified atom stereocenters. The first-order valence-electron chi connectivity index (χ1n) is 9.31. The lowest BCUT2D eigenvalue weighted by Gasteiger charge is -2.25. The van der Waals surface area contributed by atoms with Crippen LogP contribution in [0.15, 0.2) is 27.4 Å². The highest BCUT2D eigenvalue weighted by Crippen LogP contribution is 2.33. The van der Waals surface area contributed by atoms with Crippen molar-refractivity contribution in [1.82, 2.24) is 4.90 Å². The Morgan fingerprint density at radius 1 is 1.04 bits per heavy atom. The molecule has 2 aliphatic rings. The van der Waals surface area contributed by atoms with E-state index in [-0.39, 0.29) is 5.63 Å². The normalized spacial score (nSPS) is 20.6. The maximum absolute atomic E-state index is 12.2. The zero-order chi connectivity index (χ0) is 17.4. The van der Waals surface area contributed by atoms with Gasteiger partial charge < -0.3 is 19.5 Å². The van der Waals surface area contributed by atoms with Crippen LogP contribution in [-0.2, 0) is 12.8 Å². The van der Waals surface area contributed by atoms with Crippen molar-refractivity contribution >= 4 is 11.0 Å². The molecule has 1 aliphatic carbocycles. The van der Waals surface area contributed by atoms with Crippen molar-refractivity contribution in [3.8, 4) is 0 Å². The van der Waals surface area contributed by atoms with Crippen molar-refractivity contribution in [2.45, 2.75) is 50.7 Å². The minimum absolute atomic E-state index is 0.258. The molecule has 4 rings (SSSR count). The lowest BCUT2D eigenvalue weighted by Crippen LogP contribution is -2.34. The predicted molar refractivity (Wildman–Crippen MR) is 95.8 cm³/mol. The Hall–Kier alpha value is -1.69. The van der Waals surface area contributed by atoms with Crippen LogP contribution in [0.1, 0.15) is 48.5 Å². The minimum Gasteiger partial charge on any atom is -0.422 e. The van der Waals surface area contributed by atoms with E-state index in [1.807, 2.05) is 6.07 Å². The van der Waals surface area contributed by atoms with Gasteiger partial charge in [0.1, 0.15) is 11.7 Å². The second kappa shape index (κ2) is 6.90. The fourth-order valence-electron chi connectivity index (χ4n) is 4.31. The Balaban J connectivity index is 1.74. The van der Waals surface area contributed by atoms with Gasteiger partial charge in [-0.3, -0.25) is 0 Å². The predicted octanol–water partition coefficient (Wildman–Crippen LogP) is 2.16. The molecule has 1 aromatic heterocycles. The Morgan fingerprint density at radius 3 is 2.52 bits per heavy atom. The van der Waals surface area contributed by atoms with Crippen molar-refractivity contribution in [1.29, 1.82) is 0 Å². The van der Waals surface area contributed by atoms with Gasteiger partial charge in [-0.25, -0.2) is 4.79 Å².